The standard InChI is InChI=1S/C10H20N2/c1-2-6-10(7-3-1)11-12-8-4-5-9-12/h10-11H,1-9H2. The average molecular weight is 168 g/mol. The zero-order valence-electron chi connectivity index (χ0n) is 7.89. The molecule has 0 bridgehead atoms. The van der Waals surface area contributed by atoms with E-state index in [2.05, 4.69) is 10.4 Å². The van der Waals surface area contributed by atoms with Gasteiger partial charge in [-0.15, -0.1) is 0 Å². The van der Waals surface area contributed by atoms with E-state index in [0.29, 0.717) is 0 Å². The Morgan fingerprint density at radius 1 is 0.833 bits per heavy atom. The van der Waals surface area contributed by atoms with Gasteiger partial charge in [0.25, 0.3) is 0 Å². The second-order valence-corrected chi connectivity index (χ2v) is 4.16. The zero-order valence-corrected chi connectivity index (χ0v) is 7.89. The van der Waals surface area contributed by atoms with E-state index >= 15 is 0 Å². The van der Waals surface area contributed by atoms with E-state index in [-0.39, 0.29) is 0 Å². The van der Waals surface area contributed by atoms with Gasteiger partial charge >= 0.3 is 0 Å². The van der Waals surface area contributed by atoms with Gasteiger partial charge in [-0.2, -0.15) is 0 Å². The fourth-order valence-corrected chi connectivity index (χ4v) is 2.34. The maximum absolute atomic E-state index is 3.65. The highest BCUT2D eigenvalue weighted by atomic mass is 15.5. The molecule has 12 heavy (non-hydrogen) atoms. The van der Waals surface area contributed by atoms with E-state index < -0.39 is 0 Å². The third-order valence-electron chi connectivity index (χ3n) is 3.08. The monoisotopic (exact) mass is 168 g/mol. The summed E-state index contributed by atoms with van der Waals surface area (Å²) in [4.78, 5) is 0. The lowest BCUT2D eigenvalue weighted by Crippen LogP contribution is -2.43. The van der Waals surface area contributed by atoms with Crippen LogP contribution in [-0.2, 0) is 0 Å². The first kappa shape index (κ1) is 8.52. The van der Waals surface area contributed by atoms with Crippen molar-refractivity contribution in [2.24, 2.45) is 0 Å². The number of hydrogen-bond donors (Lipinski definition) is 1. The van der Waals surface area contributed by atoms with E-state index in [9.17, 15) is 0 Å². The fourth-order valence-electron chi connectivity index (χ4n) is 2.34. The number of hydrazine groups is 1. The minimum absolute atomic E-state index is 0.803. The van der Waals surface area contributed by atoms with Crippen LogP contribution in [0.15, 0.2) is 0 Å². The van der Waals surface area contributed by atoms with E-state index in [0.717, 1.165) is 6.04 Å². The van der Waals surface area contributed by atoms with E-state index in [1.165, 1.54) is 58.0 Å². The van der Waals surface area contributed by atoms with Gasteiger partial charge in [-0.25, -0.2) is 5.01 Å². The van der Waals surface area contributed by atoms with Crippen LogP contribution in [-0.4, -0.2) is 24.1 Å². The van der Waals surface area contributed by atoms with Crippen molar-refractivity contribution in [1.82, 2.24) is 10.4 Å². The fraction of sp³-hybridized carbons (Fsp3) is 1.00. The molecule has 1 N–H and O–H groups in total. The predicted octanol–water partition coefficient (Wildman–Crippen LogP) is 1.92. The molecule has 1 aliphatic carbocycles. The first-order valence-corrected chi connectivity index (χ1v) is 5.46. The van der Waals surface area contributed by atoms with Crippen molar-refractivity contribution < 1.29 is 0 Å². The summed E-state index contributed by atoms with van der Waals surface area (Å²) in [5, 5.41) is 2.43. The molecule has 0 aromatic heterocycles. The second kappa shape index (κ2) is 4.24. The highest BCUT2D eigenvalue weighted by Gasteiger charge is 2.18. The summed E-state index contributed by atoms with van der Waals surface area (Å²) >= 11 is 0. The molecule has 1 saturated carbocycles. The third-order valence-corrected chi connectivity index (χ3v) is 3.08. The van der Waals surface area contributed by atoms with Gasteiger partial charge in [-0.3, -0.25) is 5.43 Å². The first-order valence-electron chi connectivity index (χ1n) is 5.46. The highest BCUT2D eigenvalue weighted by Crippen LogP contribution is 2.18. The van der Waals surface area contributed by atoms with Gasteiger partial charge in [-0.05, 0) is 25.7 Å². The molecular formula is C10H20N2. The molecule has 70 valence electrons. The van der Waals surface area contributed by atoms with Crippen LogP contribution in [0.5, 0.6) is 0 Å². The topological polar surface area (TPSA) is 15.3 Å². The predicted molar refractivity (Wildman–Crippen MR) is 50.8 cm³/mol. The van der Waals surface area contributed by atoms with Gasteiger partial charge in [0.05, 0.1) is 0 Å². The van der Waals surface area contributed by atoms with Gasteiger partial charge in [0.15, 0.2) is 0 Å². The quantitative estimate of drug-likeness (QED) is 0.677. The summed E-state index contributed by atoms with van der Waals surface area (Å²) in [6.07, 6.45) is 9.90. The normalized spacial score (nSPS) is 28.0. The summed E-state index contributed by atoms with van der Waals surface area (Å²) in [6.45, 7) is 2.55. The Morgan fingerprint density at radius 2 is 1.50 bits per heavy atom. The van der Waals surface area contributed by atoms with E-state index in [4.69, 9.17) is 0 Å². The first-order chi connectivity index (χ1) is 5.95. The van der Waals surface area contributed by atoms with Gasteiger partial charge in [0.2, 0.25) is 0 Å². The van der Waals surface area contributed by atoms with Crippen molar-refractivity contribution >= 4 is 0 Å². The second-order valence-electron chi connectivity index (χ2n) is 4.16. The van der Waals surface area contributed by atoms with Gasteiger partial charge < -0.3 is 0 Å². The maximum atomic E-state index is 3.65. The molecule has 2 aliphatic rings. The van der Waals surface area contributed by atoms with Gasteiger partial charge in [0.1, 0.15) is 0 Å². The van der Waals surface area contributed by atoms with Gasteiger partial charge in [-0.1, -0.05) is 19.3 Å². The Hall–Kier alpha value is -0.0800. The molecular weight excluding hydrogens is 148 g/mol. The molecule has 1 saturated heterocycles. The molecule has 2 rings (SSSR count). The van der Waals surface area contributed by atoms with Crippen LogP contribution in [0.1, 0.15) is 44.9 Å². The SMILES string of the molecule is C1CCC(NN2CCCC2)CC1. The third kappa shape index (κ3) is 2.20. The summed E-state index contributed by atoms with van der Waals surface area (Å²) in [5.41, 5.74) is 3.65. The largest absolute Gasteiger partial charge is 0.252 e. The molecule has 2 fully saturated rings. The minimum atomic E-state index is 0.803. The molecule has 0 radical (unpaired) electrons. The molecule has 0 aromatic carbocycles. The number of nitrogens with zero attached hydrogens (tertiary/aromatic N) is 1. The molecule has 1 heterocycles. The van der Waals surface area contributed by atoms with Crippen LogP contribution in [0.3, 0.4) is 0 Å². The Bertz CT molecular complexity index is 124. The van der Waals surface area contributed by atoms with Crippen molar-refractivity contribution in [2.45, 2.75) is 51.0 Å². The van der Waals surface area contributed by atoms with E-state index in [1.807, 2.05) is 0 Å². The summed E-state index contributed by atoms with van der Waals surface area (Å²) < 4.78 is 0. The number of nitrogens with one attached hydrogen (secondary N) is 1. The van der Waals surface area contributed by atoms with Gasteiger partial charge in [0, 0.05) is 19.1 Å². The Morgan fingerprint density at radius 3 is 2.17 bits per heavy atom. The van der Waals surface area contributed by atoms with Crippen molar-refractivity contribution in [2.75, 3.05) is 13.1 Å². The lowest BCUT2D eigenvalue weighted by molar-refractivity contribution is 0.172. The number of rotatable bonds is 2. The molecule has 2 nitrogen and oxygen atoms in total. The Balaban J connectivity index is 1.69. The van der Waals surface area contributed by atoms with Crippen LogP contribution in [0.4, 0.5) is 0 Å². The molecule has 0 unspecified atom stereocenters. The average Bonchev–Trinajstić information content (AvgIpc) is 2.59. The molecule has 1 aliphatic heterocycles. The van der Waals surface area contributed by atoms with Crippen LogP contribution in [0.25, 0.3) is 0 Å². The van der Waals surface area contributed by atoms with Crippen LogP contribution in [0.2, 0.25) is 0 Å². The lowest BCUT2D eigenvalue weighted by Gasteiger charge is -2.28. The minimum Gasteiger partial charge on any atom is -0.252 e. The van der Waals surface area contributed by atoms with Crippen molar-refractivity contribution in [1.29, 1.82) is 0 Å². The van der Waals surface area contributed by atoms with Crippen molar-refractivity contribution in [3.8, 4) is 0 Å². The number of hydrogen-bond acceptors (Lipinski definition) is 2. The van der Waals surface area contributed by atoms with Crippen molar-refractivity contribution in [3.05, 3.63) is 0 Å². The van der Waals surface area contributed by atoms with E-state index in [1.54, 1.807) is 0 Å². The van der Waals surface area contributed by atoms with Crippen LogP contribution >= 0.6 is 0 Å². The Kier molecular flexibility index (Phi) is 3.01. The molecule has 0 spiro atoms. The Labute approximate surface area is 75.3 Å². The summed E-state index contributed by atoms with van der Waals surface area (Å²) in [5.74, 6) is 0. The summed E-state index contributed by atoms with van der Waals surface area (Å²) in [6, 6.07) is 0.803. The maximum Gasteiger partial charge on any atom is 0.0215 e. The van der Waals surface area contributed by atoms with Crippen LogP contribution in [0, 0.1) is 0 Å². The molecule has 2 heteroatoms. The van der Waals surface area contributed by atoms with Crippen molar-refractivity contribution in [3.63, 3.8) is 0 Å². The molecule has 0 amide bonds. The van der Waals surface area contributed by atoms with Crippen LogP contribution < -0.4 is 5.43 Å². The zero-order chi connectivity index (χ0) is 8.23. The molecule has 0 aromatic rings. The highest BCUT2D eigenvalue weighted by molar-refractivity contribution is 4.72. The smallest absolute Gasteiger partial charge is 0.0215 e. The lowest BCUT2D eigenvalue weighted by atomic mass is 9.96. The summed E-state index contributed by atoms with van der Waals surface area (Å²) in [7, 11) is 0. The molecule has 0 atom stereocenters.